The average Bonchev–Trinajstić information content (AvgIpc) is 2.45. The van der Waals surface area contributed by atoms with Gasteiger partial charge in [-0.25, -0.2) is 13.1 Å². The Hall–Kier alpha value is -0.910. The molecule has 0 saturated heterocycles. The molecule has 2 N–H and O–H groups in total. The number of sulfonamides is 1. The topological polar surface area (TPSA) is 58.2 Å². The standard InChI is InChI=1S/C16H28N2O2S/c1-4-6-8-14(3)18-21(19,20)16-10-7-9-15(12-16)13-17-11-5-2/h7,9-10,12,14,17-18H,4-6,8,11,13H2,1-3H3. The van der Waals surface area contributed by atoms with Gasteiger partial charge in [-0.1, -0.05) is 38.8 Å². The molecule has 1 aromatic carbocycles. The molecule has 0 saturated carbocycles. The van der Waals surface area contributed by atoms with E-state index < -0.39 is 10.0 Å². The Morgan fingerprint density at radius 1 is 1.19 bits per heavy atom. The molecule has 21 heavy (non-hydrogen) atoms. The van der Waals surface area contributed by atoms with Crippen LogP contribution in [0.25, 0.3) is 0 Å². The first-order valence-electron chi connectivity index (χ1n) is 7.81. The van der Waals surface area contributed by atoms with Crippen LogP contribution in [0.3, 0.4) is 0 Å². The van der Waals surface area contributed by atoms with Crippen molar-refractivity contribution in [3.05, 3.63) is 29.8 Å². The predicted octanol–water partition coefficient (Wildman–Crippen LogP) is 3.04. The fraction of sp³-hybridized carbons (Fsp3) is 0.625. The molecule has 1 rings (SSSR count). The molecule has 0 spiro atoms. The van der Waals surface area contributed by atoms with Crippen LogP contribution in [-0.4, -0.2) is 21.0 Å². The lowest BCUT2D eigenvalue weighted by Crippen LogP contribution is -2.32. The molecule has 0 bridgehead atoms. The third-order valence-electron chi connectivity index (χ3n) is 3.31. The lowest BCUT2D eigenvalue weighted by Gasteiger charge is -2.14. The number of benzene rings is 1. The highest BCUT2D eigenvalue weighted by atomic mass is 32.2. The molecular weight excluding hydrogens is 284 g/mol. The second-order valence-corrected chi connectivity index (χ2v) is 7.20. The van der Waals surface area contributed by atoms with Crippen LogP contribution >= 0.6 is 0 Å². The Kier molecular flexibility index (Phi) is 7.93. The molecule has 0 aliphatic carbocycles. The molecular formula is C16H28N2O2S. The van der Waals surface area contributed by atoms with Crippen LogP contribution in [0.4, 0.5) is 0 Å². The molecule has 0 radical (unpaired) electrons. The van der Waals surface area contributed by atoms with Crippen LogP contribution in [0.1, 0.15) is 52.0 Å². The molecule has 0 aliphatic heterocycles. The fourth-order valence-electron chi connectivity index (χ4n) is 2.13. The van der Waals surface area contributed by atoms with E-state index in [-0.39, 0.29) is 6.04 Å². The smallest absolute Gasteiger partial charge is 0.240 e. The molecule has 1 unspecified atom stereocenters. The minimum absolute atomic E-state index is 0.0307. The van der Waals surface area contributed by atoms with Crippen molar-refractivity contribution in [2.75, 3.05) is 6.54 Å². The molecule has 1 atom stereocenters. The lowest BCUT2D eigenvalue weighted by molar-refractivity contribution is 0.534. The maximum atomic E-state index is 12.4. The van der Waals surface area contributed by atoms with Crippen LogP contribution in [0.5, 0.6) is 0 Å². The fourth-order valence-corrected chi connectivity index (χ4v) is 3.48. The summed E-state index contributed by atoms with van der Waals surface area (Å²) in [6.45, 7) is 7.76. The number of hydrogen-bond acceptors (Lipinski definition) is 3. The number of nitrogens with one attached hydrogen (secondary N) is 2. The molecule has 0 fully saturated rings. The molecule has 0 heterocycles. The molecule has 0 aromatic heterocycles. The highest BCUT2D eigenvalue weighted by Gasteiger charge is 2.17. The summed E-state index contributed by atoms with van der Waals surface area (Å²) in [7, 11) is -3.42. The summed E-state index contributed by atoms with van der Waals surface area (Å²) < 4.78 is 27.5. The summed E-state index contributed by atoms with van der Waals surface area (Å²) in [4.78, 5) is 0.349. The SMILES string of the molecule is CCCCC(C)NS(=O)(=O)c1cccc(CNCCC)c1. The number of hydrogen-bond donors (Lipinski definition) is 2. The normalized spacial score (nSPS) is 13.3. The highest BCUT2D eigenvalue weighted by molar-refractivity contribution is 7.89. The number of unbranched alkanes of at least 4 members (excludes halogenated alkanes) is 1. The first kappa shape index (κ1) is 18.1. The first-order chi connectivity index (χ1) is 9.99. The van der Waals surface area contributed by atoms with Crippen molar-refractivity contribution in [1.82, 2.24) is 10.0 Å². The summed E-state index contributed by atoms with van der Waals surface area (Å²) in [5.74, 6) is 0. The average molecular weight is 312 g/mol. The van der Waals surface area contributed by atoms with E-state index in [9.17, 15) is 8.42 Å². The third-order valence-corrected chi connectivity index (χ3v) is 4.90. The van der Waals surface area contributed by atoms with E-state index in [0.717, 1.165) is 37.8 Å². The van der Waals surface area contributed by atoms with Crippen LogP contribution in [0.15, 0.2) is 29.2 Å². The zero-order valence-electron chi connectivity index (χ0n) is 13.4. The van der Waals surface area contributed by atoms with Gasteiger partial charge in [-0.2, -0.15) is 0 Å². The van der Waals surface area contributed by atoms with Gasteiger partial charge in [0.25, 0.3) is 0 Å². The highest BCUT2D eigenvalue weighted by Crippen LogP contribution is 2.13. The molecule has 0 amide bonds. The van der Waals surface area contributed by atoms with Crippen molar-refractivity contribution < 1.29 is 8.42 Å². The van der Waals surface area contributed by atoms with Gasteiger partial charge in [-0.15, -0.1) is 0 Å². The predicted molar refractivity (Wildman–Crippen MR) is 87.7 cm³/mol. The van der Waals surface area contributed by atoms with Crippen molar-refractivity contribution in [1.29, 1.82) is 0 Å². The van der Waals surface area contributed by atoms with E-state index in [1.165, 1.54) is 0 Å². The van der Waals surface area contributed by atoms with Gasteiger partial charge in [0.05, 0.1) is 4.90 Å². The van der Waals surface area contributed by atoms with Crippen LogP contribution in [-0.2, 0) is 16.6 Å². The van der Waals surface area contributed by atoms with Gasteiger partial charge in [-0.05, 0) is 44.0 Å². The third kappa shape index (κ3) is 6.59. The molecule has 1 aromatic rings. The van der Waals surface area contributed by atoms with Crippen molar-refractivity contribution in [3.8, 4) is 0 Å². The summed E-state index contributed by atoms with van der Waals surface area (Å²) >= 11 is 0. The van der Waals surface area contributed by atoms with Gasteiger partial charge in [-0.3, -0.25) is 0 Å². The van der Waals surface area contributed by atoms with Gasteiger partial charge in [0.15, 0.2) is 0 Å². The van der Waals surface area contributed by atoms with E-state index in [0.29, 0.717) is 11.4 Å². The molecule has 4 nitrogen and oxygen atoms in total. The Bertz CT molecular complexity index is 515. The van der Waals surface area contributed by atoms with E-state index >= 15 is 0 Å². The van der Waals surface area contributed by atoms with E-state index in [1.807, 2.05) is 13.0 Å². The Balaban J connectivity index is 2.71. The van der Waals surface area contributed by atoms with E-state index in [4.69, 9.17) is 0 Å². The minimum Gasteiger partial charge on any atom is -0.313 e. The zero-order valence-corrected chi connectivity index (χ0v) is 14.2. The van der Waals surface area contributed by atoms with Gasteiger partial charge in [0.1, 0.15) is 0 Å². The van der Waals surface area contributed by atoms with Crippen molar-refractivity contribution in [2.45, 2.75) is 63.9 Å². The summed E-state index contributed by atoms with van der Waals surface area (Å²) in [6.07, 6.45) is 4.04. The lowest BCUT2D eigenvalue weighted by atomic mass is 10.2. The molecule has 120 valence electrons. The van der Waals surface area contributed by atoms with Gasteiger partial charge < -0.3 is 5.32 Å². The summed E-state index contributed by atoms with van der Waals surface area (Å²) in [6, 6.07) is 7.11. The monoisotopic (exact) mass is 312 g/mol. The molecule has 0 aliphatic rings. The second kappa shape index (κ2) is 9.18. The Morgan fingerprint density at radius 3 is 2.62 bits per heavy atom. The van der Waals surface area contributed by atoms with Gasteiger partial charge in [0.2, 0.25) is 10.0 Å². The maximum absolute atomic E-state index is 12.4. The second-order valence-electron chi connectivity index (χ2n) is 5.49. The first-order valence-corrected chi connectivity index (χ1v) is 9.30. The van der Waals surface area contributed by atoms with E-state index in [1.54, 1.807) is 18.2 Å². The van der Waals surface area contributed by atoms with Gasteiger partial charge in [0, 0.05) is 12.6 Å². The number of rotatable bonds is 10. The van der Waals surface area contributed by atoms with Crippen LogP contribution < -0.4 is 10.0 Å². The summed E-state index contributed by atoms with van der Waals surface area (Å²) in [5, 5.41) is 3.28. The van der Waals surface area contributed by atoms with Crippen molar-refractivity contribution in [2.24, 2.45) is 0 Å². The maximum Gasteiger partial charge on any atom is 0.240 e. The minimum atomic E-state index is -3.42. The Labute approximate surface area is 129 Å². The molecule has 5 heteroatoms. The summed E-state index contributed by atoms with van der Waals surface area (Å²) in [5.41, 5.74) is 0.993. The van der Waals surface area contributed by atoms with Crippen molar-refractivity contribution >= 4 is 10.0 Å². The van der Waals surface area contributed by atoms with Crippen molar-refractivity contribution in [3.63, 3.8) is 0 Å². The Morgan fingerprint density at radius 2 is 1.95 bits per heavy atom. The quantitative estimate of drug-likeness (QED) is 0.653. The van der Waals surface area contributed by atoms with Crippen LogP contribution in [0.2, 0.25) is 0 Å². The zero-order chi connectivity index (χ0) is 15.7. The van der Waals surface area contributed by atoms with Gasteiger partial charge >= 0.3 is 0 Å². The van der Waals surface area contributed by atoms with Crippen LogP contribution in [0, 0.1) is 0 Å². The largest absolute Gasteiger partial charge is 0.313 e. The van der Waals surface area contributed by atoms with E-state index in [2.05, 4.69) is 23.9 Å².